The Morgan fingerprint density at radius 3 is 2.25 bits per heavy atom. The molecule has 1 fully saturated rings. The Balaban J connectivity index is 2.19. The van der Waals surface area contributed by atoms with E-state index in [0.717, 1.165) is 25.7 Å². The van der Waals surface area contributed by atoms with E-state index >= 15 is 0 Å². The fraction of sp³-hybridized carbons (Fsp3) is 0.875. The second-order valence-electron chi connectivity index (χ2n) is 5.75. The van der Waals surface area contributed by atoms with Gasteiger partial charge in [0, 0.05) is 11.9 Å². The summed E-state index contributed by atoms with van der Waals surface area (Å²) in [5.41, 5.74) is 0. The monoisotopic (exact) mass is 283 g/mol. The minimum atomic E-state index is -1.11. The first-order chi connectivity index (χ1) is 9.66. The van der Waals surface area contributed by atoms with Crippen LogP contribution >= 0.6 is 0 Å². The number of carbonyl (C=O) groups excluding carboxylic acids is 2. The zero-order valence-electron chi connectivity index (χ0n) is 12.6. The molecule has 0 saturated heterocycles. The first kappa shape index (κ1) is 17.0. The van der Waals surface area contributed by atoms with Gasteiger partial charge in [-0.2, -0.15) is 0 Å². The van der Waals surface area contributed by atoms with Crippen molar-refractivity contribution in [3.63, 3.8) is 0 Å². The Kier molecular flexibility index (Phi) is 8.31. The number of rotatable bonds is 9. The highest BCUT2D eigenvalue weighted by atomic mass is 16.5. The predicted molar refractivity (Wildman–Crippen MR) is 74.8 cm³/mol. The number of carboxylic acids is 1. The molecule has 0 amide bonds. The molecule has 20 heavy (non-hydrogen) atoms. The zero-order valence-corrected chi connectivity index (χ0v) is 12.6. The van der Waals surface area contributed by atoms with Gasteiger partial charge in [-0.05, 0) is 19.3 Å². The normalized spacial score (nSPS) is 22.4. The zero-order chi connectivity index (χ0) is 14.8. The summed E-state index contributed by atoms with van der Waals surface area (Å²) >= 11 is 0. The summed E-state index contributed by atoms with van der Waals surface area (Å²) < 4.78 is 5.24. The van der Waals surface area contributed by atoms with Crippen LogP contribution in [-0.2, 0) is 14.3 Å². The predicted octanol–water partition coefficient (Wildman–Crippen LogP) is 2.45. The van der Waals surface area contributed by atoms with E-state index in [9.17, 15) is 14.7 Å². The molecular formula is C16H27O4-. The third-order valence-electron chi connectivity index (χ3n) is 4.11. The minimum Gasteiger partial charge on any atom is -0.550 e. The van der Waals surface area contributed by atoms with Gasteiger partial charge in [0.05, 0.1) is 12.5 Å². The molecule has 0 aromatic carbocycles. The lowest BCUT2D eigenvalue weighted by molar-refractivity contribution is -0.314. The van der Waals surface area contributed by atoms with Gasteiger partial charge in [-0.3, -0.25) is 4.79 Å². The van der Waals surface area contributed by atoms with Gasteiger partial charge in [-0.25, -0.2) is 0 Å². The van der Waals surface area contributed by atoms with E-state index in [2.05, 4.69) is 6.92 Å². The van der Waals surface area contributed by atoms with Gasteiger partial charge in [-0.1, -0.05) is 51.9 Å². The summed E-state index contributed by atoms with van der Waals surface area (Å²) in [6.07, 6.45) is 9.76. The maximum absolute atomic E-state index is 11.9. The van der Waals surface area contributed by atoms with Crippen molar-refractivity contribution in [1.29, 1.82) is 0 Å². The molecule has 0 aromatic rings. The molecule has 1 aliphatic carbocycles. The van der Waals surface area contributed by atoms with Crippen LogP contribution in [-0.4, -0.2) is 18.5 Å². The van der Waals surface area contributed by atoms with E-state index in [4.69, 9.17) is 4.74 Å². The summed E-state index contributed by atoms with van der Waals surface area (Å²) in [6.45, 7) is 2.60. The van der Waals surface area contributed by atoms with Crippen molar-refractivity contribution in [2.24, 2.45) is 11.8 Å². The van der Waals surface area contributed by atoms with Gasteiger partial charge in [0.25, 0.3) is 0 Å². The second-order valence-corrected chi connectivity index (χ2v) is 5.75. The molecule has 0 spiro atoms. The quantitative estimate of drug-likeness (QED) is 0.481. The molecule has 4 nitrogen and oxygen atoms in total. The smallest absolute Gasteiger partial charge is 0.309 e. The van der Waals surface area contributed by atoms with Crippen molar-refractivity contribution in [1.82, 2.24) is 0 Å². The first-order valence-corrected chi connectivity index (χ1v) is 8.04. The first-order valence-electron chi connectivity index (χ1n) is 8.04. The molecule has 0 aliphatic heterocycles. The van der Waals surface area contributed by atoms with Crippen LogP contribution in [0.1, 0.15) is 71.1 Å². The van der Waals surface area contributed by atoms with Gasteiger partial charge in [0.15, 0.2) is 0 Å². The number of aliphatic carboxylic acids is 1. The van der Waals surface area contributed by atoms with Crippen molar-refractivity contribution < 1.29 is 19.4 Å². The highest BCUT2D eigenvalue weighted by Gasteiger charge is 2.32. The van der Waals surface area contributed by atoms with Crippen LogP contribution in [0.2, 0.25) is 0 Å². The van der Waals surface area contributed by atoms with Crippen LogP contribution in [0.4, 0.5) is 0 Å². The molecule has 0 radical (unpaired) electrons. The van der Waals surface area contributed by atoms with E-state index < -0.39 is 17.8 Å². The Bertz CT molecular complexity index is 301. The van der Waals surface area contributed by atoms with Crippen LogP contribution in [0.15, 0.2) is 0 Å². The van der Waals surface area contributed by atoms with E-state index in [1.807, 2.05) is 0 Å². The van der Waals surface area contributed by atoms with Gasteiger partial charge in [0.1, 0.15) is 0 Å². The average Bonchev–Trinajstić information content (AvgIpc) is 2.46. The lowest BCUT2D eigenvalue weighted by Crippen LogP contribution is -2.41. The summed E-state index contributed by atoms with van der Waals surface area (Å²) in [5.74, 6) is -2.59. The third-order valence-corrected chi connectivity index (χ3v) is 4.11. The van der Waals surface area contributed by atoms with Gasteiger partial charge >= 0.3 is 5.97 Å². The van der Waals surface area contributed by atoms with Gasteiger partial charge in [0.2, 0.25) is 0 Å². The Morgan fingerprint density at radius 1 is 1.00 bits per heavy atom. The molecule has 2 atom stereocenters. The highest BCUT2D eigenvalue weighted by molar-refractivity contribution is 5.80. The van der Waals surface area contributed by atoms with Crippen LogP contribution in [0.5, 0.6) is 0 Å². The van der Waals surface area contributed by atoms with Crippen LogP contribution in [0, 0.1) is 11.8 Å². The molecule has 1 aliphatic rings. The van der Waals surface area contributed by atoms with Gasteiger partial charge in [-0.15, -0.1) is 0 Å². The minimum absolute atomic E-state index is 0.340. The van der Waals surface area contributed by atoms with E-state index in [1.54, 1.807) is 0 Å². The number of unbranched alkanes of at least 4 members (excludes halogenated alkanes) is 5. The van der Waals surface area contributed by atoms with Gasteiger partial charge < -0.3 is 14.6 Å². The number of esters is 1. The standard InChI is InChI=1S/C16H28O4/c1-2-3-4-5-6-9-12-20-16(19)14-11-8-7-10-13(14)15(17)18/h13-14H,2-12H2,1H3,(H,17,18)/p-1. The van der Waals surface area contributed by atoms with Crippen LogP contribution < -0.4 is 5.11 Å². The number of hydrogen-bond acceptors (Lipinski definition) is 4. The maximum atomic E-state index is 11.9. The fourth-order valence-corrected chi connectivity index (χ4v) is 2.86. The third kappa shape index (κ3) is 5.93. The maximum Gasteiger partial charge on any atom is 0.309 e. The number of carbonyl (C=O) groups is 2. The fourth-order valence-electron chi connectivity index (χ4n) is 2.86. The van der Waals surface area contributed by atoms with Crippen LogP contribution in [0.3, 0.4) is 0 Å². The largest absolute Gasteiger partial charge is 0.550 e. The lowest BCUT2D eigenvalue weighted by atomic mass is 9.79. The van der Waals surface area contributed by atoms with E-state index in [0.29, 0.717) is 19.4 Å². The molecule has 1 rings (SSSR count). The van der Waals surface area contributed by atoms with E-state index in [-0.39, 0.29) is 5.97 Å². The molecule has 0 N–H and O–H groups in total. The number of carboxylic acid groups (broad SMARTS) is 1. The van der Waals surface area contributed by atoms with Crippen molar-refractivity contribution in [3.8, 4) is 0 Å². The van der Waals surface area contributed by atoms with Crippen molar-refractivity contribution in [2.45, 2.75) is 71.1 Å². The Hall–Kier alpha value is -1.06. The summed E-state index contributed by atoms with van der Waals surface area (Å²) in [7, 11) is 0. The molecular weight excluding hydrogens is 256 g/mol. The molecule has 0 heterocycles. The van der Waals surface area contributed by atoms with Crippen molar-refractivity contribution >= 4 is 11.9 Å². The van der Waals surface area contributed by atoms with Crippen molar-refractivity contribution in [2.75, 3.05) is 6.61 Å². The topological polar surface area (TPSA) is 66.4 Å². The highest BCUT2D eigenvalue weighted by Crippen LogP contribution is 2.30. The number of ether oxygens (including phenoxy) is 1. The van der Waals surface area contributed by atoms with Crippen molar-refractivity contribution in [3.05, 3.63) is 0 Å². The second kappa shape index (κ2) is 9.78. The Labute approximate surface area is 121 Å². The molecule has 2 unspecified atom stereocenters. The average molecular weight is 283 g/mol. The lowest BCUT2D eigenvalue weighted by Gasteiger charge is -2.30. The molecule has 116 valence electrons. The molecule has 4 heteroatoms. The Morgan fingerprint density at radius 2 is 1.60 bits per heavy atom. The summed E-state index contributed by atoms with van der Waals surface area (Å²) in [6, 6.07) is 0. The summed E-state index contributed by atoms with van der Waals surface area (Å²) in [4.78, 5) is 23.0. The SMILES string of the molecule is CCCCCCCCOC(=O)C1CCCCC1C(=O)[O-]. The van der Waals surface area contributed by atoms with Crippen LogP contribution in [0.25, 0.3) is 0 Å². The summed E-state index contributed by atoms with van der Waals surface area (Å²) in [5, 5.41) is 11.0. The van der Waals surface area contributed by atoms with E-state index in [1.165, 1.54) is 25.7 Å². The molecule has 0 bridgehead atoms. The molecule has 0 aromatic heterocycles. The molecule has 1 saturated carbocycles. The number of hydrogen-bond donors (Lipinski definition) is 0.